The van der Waals surface area contributed by atoms with Gasteiger partial charge in [0, 0.05) is 35.0 Å². The molecule has 1 amide bonds. The Bertz CT molecular complexity index is 1300. The van der Waals surface area contributed by atoms with Gasteiger partial charge in [-0.15, -0.1) is 0 Å². The van der Waals surface area contributed by atoms with Crippen LogP contribution in [0.2, 0.25) is 0 Å². The Morgan fingerprint density at radius 3 is 2.85 bits per heavy atom. The number of carboxylic acid groups (broad SMARTS) is 1. The van der Waals surface area contributed by atoms with Crippen molar-refractivity contribution in [1.29, 1.82) is 0 Å². The summed E-state index contributed by atoms with van der Waals surface area (Å²) in [7, 11) is 0. The molecule has 3 aromatic heterocycles. The zero-order valence-electron chi connectivity index (χ0n) is 18.4. The fourth-order valence-corrected chi connectivity index (χ4v) is 4.22. The van der Waals surface area contributed by atoms with Gasteiger partial charge in [0.25, 0.3) is 12.4 Å². The number of fused-ring (bicyclic) bond motifs is 2. The molecule has 33 heavy (non-hydrogen) atoms. The molecule has 0 unspecified atom stereocenters. The second-order valence-electron chi connectivity index (χ2n) is 8.01. The van der Waals surface area contributed by atoms with Gasteiger partial charge in [-0.05, 0) is 44.0 Å². The molecule has 1 aliphatic rings. The predicted molar refractivity (Wildman–Crippen MR) is 122 cm³/mol. The summed E-state index contributed by atoms with van der Waals surface area (Å²) in [5.41, 5.74) is 5.11. The Morgan fingerprint density at radius 2 is 2.03 bits per heavy atom. The minimum Gasteiger partial charge on any atom is -0.483 e. The van der Waals surface area contributed by atoms with Crippen molar-refractivity contribution in [3.05, 3.63) is 71.3 Å². The fourth-order valence-electron chi connectivity index (χ4n) is 4.22. The third-order valence-corrected chi connectivity index (χ3v) is 5.70. The molecule has 1 saturated heterocycles. The van der Waals surface area contributed by atoms with Gasteiger partial charge < -0.3 is 15.2 Å². The maximum Gasteiger partial charge on any atom is 0.290 e. The quantitative estimate of drug-likeness (QED) is 0.462. The zero-order chi connectivity index (χ0) is 23.4. The van der Waals surface area contributed by atoms with Crippen LogP contribution in [0, 0.1) is 19.8 Å². The average Bonchev–Trinajstić information content (AvgIpc) is 3.42. The molecule has 0 spiro atoms. The van der Waals surface area contributed by atoms with E-state index in [0.29, 0.717) is 24.6 Å². The van der Waals surface area contributed by atoms with E-state index in [4.69, 9.17) is 14.6 Å². The van der Waals surface area contributed by atoms with Gasteiger partial charge in [-0.3, -0.25) is 14.6 Å². The second-order valence-corrected chi connectivity index (χ2v) is 8.01. The molecule has 2 N–H and O–H groups in total. The van der Waals surface area contributed by atoms with Gasteiger partial charge in [0.05, 0.1) is 24.8 Å². The second kappa shape index (κ2) is 9.74. The number of aromatic nitrogens is 4. The Labute approximate surface area is 190 Å². The van der Waals surface area contributed by atoms with Crippen LogP contribution >= 0.6 is 0 Å². The highest BCUT2D eigenvalue weighted by Crippen LogP contribution is 2.24. The van der Waals surface area contributed by atoms with Gasteiger partial charge in [-0.25, -0.2) is 9.50 Å². The highest BCUT2D eigenvalue weighted by atomic mass is 16.5. The van der Waals surface area contributed by atoms with Crippen molar-refractivity contribution in [3.8, 4) is 0 Å². The van der Waals surface area contributed by atoms with Crippen molar-refractivity contribution in [2.75, 3.05) is 13.2 Å². The lowest BCUT2D eigenvalue weighted by Gasteiger charge is -2.19. The molecular formula is C24H25N5O4. The van der Waals surface area contributed by atoms with E-state index in [1.807, 2.05) is 44.3 Å². The molecule has 2 atom stereocenters. The standard InChI is InChI=1S/C23H23N5O2.CH2O2/c1-14-9-15(2)28-22(25-14)11-20(27-28)23(29)26-21-13-30-12-17(21)10-16-7-8-24-19-6-4-3-5-18(16)19;2-1-3/h3-9,11,17,21H,10,12-13H2,1-2H3,(H,26,29);1H,(H,2,3)/t17-,21-;/m1./s1. The Morgan fingerprint density at radius 1 is 1.24 bits per heavy atom. The van der Waals surface area contributed by atoms with Gasteiger partial charge in [-0.2, -0.15) is 5.10 Å². The minimum atomic E-state index is -0.250. The largest absolute Gasteiger partial charge is 0.483 e. The van der Waals surface area contributed by atoms with E-state index in [-0.39, 0.29) is 24.3 Å². The van der Waals surface area contributed by atoms with Crippen LogP contribution in [-0.4, -0.2) is 56.3 Å². The van der Waals surface area contributed by atoms with Crippen molar-refractivity contribution in [2.45, 2.75) is 26.3 Å². The van der Waals surface area contributed by atoms with E-state index < -0.39 is 0 Å². The van der Waals surface area contributed by atoms with E-state index in [2.05, 4.69) is 32.5 Å². The molecule has 9 heteroatoms. The van der Waals surface area contributed by atoms with Crippen molar-refractivity contribution in [2.24, 2.45) is 5.92 Å². The first-order chi connectivity index (χ1) is 16.0. The smallest absolute Gasteiger partial charge is 0.290 e. The first-order valence-electron chi connectivity index (χ1n) is 10.6. The van der Waals surface area contributed by atoms with Gasteiger partial charge in [-0.1, -0.05) is 18.2 Å². The van der Waals surface area contributed by atoms with Crippen LogP contribution in [0.5, 0.6) is 0 Å². The minimum absolute atomic E-state index is 0.0648. The summed E-state index contributed by atoms with van der Waals surface area (Å²) in [5, 5.41) is 15.6. The summed E-state index contributed by atoms with van der Waals surface area (Å²) in [6.07, 6.45) is 2.66. The first-order valence-corrected chi connectivity index (χ1v) is 10.6. The maximum atomic E-state index is 12.9. The molecule has 1 fully saturated rings. The molecule has 4 aromatic rings. The molecular weight excluding hydrogens is 422 g/mol. The summed E-state index contributed by atoms with van der Waals surface area (Å²) in [5.74, 6) is -0.00321. The number of carbonyl (C=O) groups excluding carboxylic acids is 1. The highest BCUT2D eigenvalue weighted by Gasteiger charge is 2.31. The number of carbonyl (C=O) groups is 2. The van der Waals surface area contributed by atoms with E-state index in [0.717, 1.165) is 28.7 Å². The lowest BCUT2D eigenvalue weighted by Crippen LogP contribution is -2.40. The molecule has 9 nitrogen and oxygen atoms in total. The highest BCUT2D eigenvalue weighted by molar-refractivity contribution is 5.93. The molecule has 0 saturated carbocycles. The normalized spacial score (nSPS) is 17.5. The van der Waals surface area contributed by atoms with Crippen LogP contribution in [0.25, 0.3) is 16.6 Å². The number of para-hydroxylation sites is 1. The van der Waals surface area contributed by atoms with Crippen molar-refractivity contribution >= 4 is 28.9 Å². The lowest BCUT2D eigenvalue weighted by molar-refractivity contribution is -0.122. The number of benzene rings is 1. The number of amides is 1. The Balaban J connectivity index is 0.000000821. The Hall–Kier alpha value is -3.85. The van der Waals surface area contributed by atoms with Crippen molar-refractivity contribution in [1.82, 2.24) is 24.9 Å². The topological polar surface area (TPSA) is 119 Å². The lowest BCUT2D eigenvalue weighted by atomic mass is 9.93. The number of nitrogens with zero attached hydrogens (tertiary/aromatic N) is 4. The first kappa shape index (κ1) is 22.3. The van der Waals surface area contributed by atoms with E-state index in [1.165, 1.54) is 5.56 Å². The third-order valence-electron chi connectivity index (χ3n) is 5.70. The summed E-state index contributed by atoms with van der Waals surface area (Å²) >= 11 is 0. The third kappa shape index (κ3) is 4.83. The maximum absolute atomic E-state index is 12.9. The number of nitrogens with one attached hydrogen (secondary N) is 1. The zero-order valence-corrected chi connectivity index (χ0v) is 18.4. The van der Waals surface area contributed by atoms with E-state index >= 15 is 0 Å². The number of hydrogen-bond acceptors (Lipinski definition) is 6. The van der Waals surface area contributed by atoms with Crippen LogP contribution in [0.3, 0.4) is 0 Å². The molecule has 4 heterocycles. The molecule has 5 rings (SSSR count). The fraction of sp³-hybridized carbons (Fsp3) is 0.292. The predicted octanol–water partition coefficient (Wildman–Crippen LogP) is 2.58. The van der Waals surface area contributed by atoms with Gasteiger partial charge in [0.15, 0.2) is 11.3 Å². The SMILES string of the molecule is Cc1cc(C)n2nc(C(=O)N[C@@H]3COC[C@H]3Cc3ccnc4ccccc34)cc2n1.O=CO. The van der Waals surface area contributed by atoms with Crippen LogP contribution < -0.4 is 5.32 Å². The molecule has 0 radical (unpaired) electrons. The summed E-state index contributed by atoms with van der Waals surface area (Å²) in [6, 6.07) is 13.8. The van der Waals surface area contributed by atoms with Crippen LogP contribution in [0.15, 0.2) is 48.7 Å². The summed E-state index contributed by atoms with van der Waals surface area (Å²) in [4.78, 5) is 30.2. The van der Waals surface area contributed by atoms with Gasteiger partial charge >= 0.3 is 0 Å². The summed E-state index contributed by atoms with van der Waals surface area (Å²) in [6.45, 7) is 4.76. The van der Waals surface area contributed by atoms with Crippen LogP contribution in [0.4, 0.5) is 0 Å². The molecule has 0 bridgehead atoms. The van der Waals surface area contributed by atoms with E-state index in [1.54, 1.807) is 10.6 Å². The molecule has 1 aliphatic heterocycles. The van der Waals surface area contributed by atoms with Gasteiger partial charge in [0.2, 0.25) is 0 Å². The number of pyridine rings is 1. The number of aryl methyl sites for hydroxylation is 2. The van der Waals surface area contributed by atoms with Crippen molar-refractivity contribution in [3.63, 3.8) is 0 Å². The van der Waals surface area contributed by atoms with Crippen molar-refractivity contribution < 1.29 is 19.4 Å². The molecule has 0 aliphatic carbocycles. The van der Waals surface area contributed by atoms with E-state index in [9.17, 15) is 4.79 Å². The molecule has 1 aromatic carbocycles. The Kier molecular flexibility index (Phi) is 6.60. The summed E-state index contributed by atoms with van der Waals surface area (Å²) < 4.78 is 7.42. The van der Waals surface area contributed by atoms with Crippen LogP contribution in [-0.2, 0) is 16.0 Å². The van der Waals surface area contributed by atoms with Gasteiger partial charge in [0.1, 0.15) is 0 Å². The number of hydrogen-bond donors (Lipinski definition) is 2. The molecule has 170 valence electrons. The number of ether oxygens (including phenoxy) is 1. The average molecular weight is 447 g/mol. The monoisotopic (exact) mass is 447 g/mol. The number of rotatable bonds is 4. The van der Waals surface area contributed by atoms with Crippen LogP contribution in [0.1, 0.15) is 27.4 Å².